The molecule has 2 rings (SSSR count). The van der Waals surface area contributed by atoms with E-state index in [2.05, 4.69) is 17.0 Å². The average Bonchev–Trinajstić information content (AvgIpc) is 2.54. The molecule has 0 saturated carbocycles. The lowest BCUT2D eigenvalue weighted by molar-refractivity contribution is -0.150. The highest BCUT2D eigenvalue weighted by Crippen LogP contribution is 2.21. The van der Waals surface area contributed by atoms with Gasteiger partial charge in [-0.3, -0.25) is 9.59 Å². The lowest BCUT2D eigenvalue weighted by atomic mass is 10.1. The Morgan fingerprint density at radius 2 is 2.09 bits per heavy atom. The summed E-state index contributed by atoms with van der Waals surface area (Å²) in [5.74, 6) is -1.98. The van der Waals surface area contributed by atoms with Crippen molar-refractivity contribution in [3.63, 3.8) is 0 Å². The van der Waals surface area contributed by atoms with Crippen molar-refractivity contribution in [1.82, 2.24) is 0 Å². The third-order valence-electron chi connectivity index (χ3n) is 3.27. The number of aryl methyl sites for hydroxylation is 1. The summed E-state index contributed by atoms with van der Waals surface area (Å²) in [6.07, 6.45) is 3.05. The molecule has 0 saturated heterocycles. The van der Waals surface area contributed by atoms with Crippen LogP contribution in [0, 0.1) is 0 Å². The van der Waals surface area contributed by atoms with Crippen LogP contribution in [0.4, 0.5) is 5.69 Å². The van der Waals surface area contributed by atoms with E-state index in [0.29, 0.717) is 5.39 Å². The normalized spacial score (nSPS) is 10.5. The average molecular weight is 319 g/mol. The van der Waals surface area contributed by atoms with E-state index in [1.54, 1.807) is 0 Å². The SMILES string of the molecule is CCCCc1ccc2scc(NC(=O)C(=O)OC)c(=O)c2c1. The van der Waals surface area contributed by atoms with E-state index < -0.39 is 11.9 Å². The van der Waals surface area contributed by atoms with E-state index in [-0.39, 0.29) is 11.1 Å². The lowest BCUT2D eigenvalue weighted by Gasteiger charge is -2.06. The quantitative estimate of drug-likeness (QED) is 0.695. The molecule has 116 valence electrons. The molecule has 0 fully saturated rings. The first-order chi connectivity index (χ1) is 10.6. The fourth-order valence-corrected chi connectivity index (χ4v) is 2.90. The number of hydrogen-bond donors (Lipinski definition) is 1. The van der Waals surface area contributed by atoms with Gasteiger partial charge in [-0.25, -0.2) is 4.79 Å². The standard InChI is InChI=1S/C16H17NO4S/c1-3-4-5-10-6-7-13-11(8-10)14(18)12(9-22-13)17-15(19)16(20)21-2/h6-9H,3-5H2,1-2H3,(H,17,19). The summed E-state index contributed by atoms with van der Waals surface area (Å²) < 4.78 is 5.17. The largest absolute Gasteiger partial charge is 0.462 e. The molecule has 2 aromatic rings. The van der Waals surface area contributed by atoms with E-state index >= 15 is 0 Å². The van der Waals surface area contributed by atoms with Gasteiger partial charge in [0.05, 0.1) is 12.8 Å². The molecule has 1 amide bonds. The number of carbonyl (C=O) groups is 2. The Hall–Kier alpha value is -2.21. The van der Waals surface area contributed by atoms with Crippen LogP contribution in [0.2, 0.25) is 0 Å². The molecule has 0 aliphatic heterocycles. The molecule has 6 heteroatoms. The summed E-state index contributed by atoms with van der Waals surface area (Å²) in [5.41, 5.74) is 0.903. The maximum Gasteiger partial charge on any atom is 0.396 e. The fraction of sp³-hybridized carbons (Fsp3) is 0.312. The van der Waals surface area contributed by atoms with Crippen LogP contribution in [-0.4, -0.2) is 19.0 Å². The molecule has 0 unspecified atom stereocenters. The van der Waals surface area contributed by atoms with E-state index in [0.717, 1.165) is 36.6 Å². The monoisotopic (exact) mass is 319 g/mol. The first-order valence-electron chi connectivity index (χ1n) is 7.00. The third kappa shape index (κ3) is 3.51. The number of rotatable bonds is 4. The Kier molecular flexibility index (Phi) is 5.27. The molecule has 1 N–H and O–H groups in total. The van der Waals surface area contributed by atoms with Gasteiger partial charge in [0.25, 0.3) is 0 Å². The van der Waals surface area contributed by atoms with Crippen molar-refractivity contribution in [3.05, 3.63) is 39.4 Å². The number of fused-ring (bicyclic) bond motifs is 1. The molecular formula is C16H17NO4S. The van der Waals surface area contributed by atoms with Crippen LogP contribution in [0.1, 0.15) is 25.3 Å². The van der Waals surface area contributed by atoms with Gasteiger partial charge < -0.3 is 10.1 Å². The number of esters is 1. The highest BCUT2D eigenvalue weighted by atomic mass is 32.1. The molecule has 1 heterocycles. The van der Waals surface area contributed by atoms with Crippen LogP contribution in [0.25, 0.3) is 10.1 Å². The Morgan fingerprint density at radius 3 is 2.77 bits per heavy atom. The van der Waals surface area contributed by atoms with Crippen molar-refractivity contribution >= 4 is 39.0 Å². The summed E-state index contributed by atoms with van der Waals surface area (Å²) in [7, 11) is 1.11. The van der Waals surface area contributed by atoms with Crippen LogP contribution in [-0.2, 0) is 20.7 Å². The van der Waals surface area contributed by atoms with Crippen molar-refractivity contribution in [2.45, 2.75) is 26.2 Å². The highest BCUT2D eigenvalue weighted by Gasteiger charge is 2.16. The van der Waals surface area contributed by atoms with E-state index in [4.69, 9.17) is 0 Å². The molecule has 0 radical (unpaired) electrons. The van der Waals surface area contributed by atoms with Crippen LogP contribution < -0.4 is 10.7 Å². The molecule has 0 aliphatic carbocycles. The van der Waals surface area contributed by atoms with Crippen LogP contribution >= 0.6 is 11.3 Å². The van der Waals surface area contributed by atoms with E-state index in [1.807, 2.05) is 18.2 Å². The topological polar surface area (TPSA) is 72.5 Å². The summed E-state index contributed by atoms with van der Waals surface area (Å²) in [6, 6.07) is 5.79. The van der Waals surface area contributed by atoms with Crippen molar-refractivity contribution in [2.75, 3.05) is 12.4 Å². The molecule has 0 spiro atoms. The molecule has 5 nitrogen and oxygen atoms in total. The molecular weight excluding hydrogens is 302 g/mol. The Morgan fingerprint density at radius 1 is 1.32 bits per heavy atom. The smallest absolute Gasteiger partial charge is 0.396 e. The fourth-order valence-electron chi connectivity index (χ4n) is 2.07. The minimum absolute atomic E-state index is 0.0977. The van der Waals surface area contributed by atoms with Crippen LogP contribution in [0.3, 0.4) is 0 Å². The first kappa shape index (κ1) is 16.2. The molecule has 1 aromatic carbocycles. The number of hydrogen-bond acceptors (Lipinski definition) is 5. The van der Waals surface area contributed by atoms with Gasteiger partial charge in [0.1, 0.15) is 0 Å². The lowest BCUT2D eigenvalue weighted by Crippen LogP contribution is -2.26. The Labute approximate surface area is 131 Å². The highest BCUT2D eigenvalue weighted by molar-refractivity contribution is 7.16. The third-order valence-corrected chi connectivity index (χ3v) is 4.24. The summed E-state index contributed by atoms with van der Waals surface area (Å²) in [6.45, 7) is 2.11. The van der Waals surface area contributed by atoms with Crippen molar-refractivity contribution < 1.29 is 14.3 Å². The van der Waals surface area contributed by atoms with Gasteiger partial charge in [0, 0.05) is 15.5 Å². The van der Waals surface area contributed by atoms with Gasteiger partial charge in [-0.05, 0) is 30.5 Å². The number of benzene rings is 1. The zero-order valence-corrected chi connectivity index (χ0v) is 13.3. The van der Waals surface area contributed by atoms with Gasteiger partial charge in [-0.15, -0.1) is 11.3 Å². The van der Waals surface area contributed by atoms with Gasteiger partial charge in [0.2, 0.25) is 5.43 Å². The minimum atomic E-state index is -1.03. The molecule has 0 bridgehead atoms. The number of nitrogens with one attached hydrogen (secondary N) is 1. The maximum absolute atomic E-state index is 12.4. The van der Waals surface area contributed by atoms with E-state index in [9.17, 15) is 14.4 Å². The second-order valence-electron chi connectivity index (χ2n) is 4.86. The van der Waals surface area contributed by atoms with Gasteiger partial charge in [-0.1, -0.05) is 19.4 Å². The van der Waals surface area contributed by atoms with Crippen LogP contribution in [0.15, 0.2) is 28.4 Å². The van der Waals surface area contributed by atoms with Crippen LogP contribution in [0.5, 0.6) is 0 Å². The zero-order valence-electron chi connectivity index (χ0n) is 12.5. The predicted molar refractivity (Wildman–Crippen MR) is 87.4 cm³/mol. The maximum atomic E-state index is 12.4. The van der Waals surface area contributed by atoms with Gasteiger partial charge >= 0.3 is 11.9 Å². The zero-order chi connectivity index (χ0) is 16.1. The second-order valence-corrected chi connectivity index (χ2v) is 5.77. The van der Waals surface area contributed by atoms with E-state index in [1.165, 1.54) is 16.7 Å². The first-order valence-corrected chi connectivity index (χ1v) is 7.88. The molecule has 1 aromatic heterocycles. The molecule has 0 atom stereocenters. The van der Waals surface area contributed by atoms with Gasteiger partial charge in [-0.2, -0.15) is 0 Å². The number of ether oxygens (including phenoxy) is 1. The second kappa shape index (κ2) is 7.17. The number of carbonyl (C=O) groups excluding carboxylic acids is 2. The number of anilines is 1. The van der Waals surface area contributed by atoms with Crippen molar-refractivity contribution in [3.8, 4) is 0 Å². The minimum Gasteiger partial charge on any atom is -0.462 e. The van der Waals surface area contributed by atoms with Gasteiger partial charge in [0.15, 0.2) is 0 Å². The molecule has 22 heavy (non-hydrogen) atoms. The summed E-state index contributed by atoms with van der Waals surface area (Å²) in [5, 5.41) is 4.40. The predicted octanol–water partition coefficient (Wildman–Crippen LogP) is 2.72. The number of amides is 1. The number of unbranched alkanes of at least 4 members (excludes halogenated alkanes) is 1. The summed E-state index contributed by atoms with van der Waals surface area (Å²) >= 11 is 1.34. The summed E-state index contributed by atoms with van der Waals surface area (Å²) in [4.78, 5) is 35.1. The van der Waals surface area contributed by atoms with Crippen molar-refractivity contribution in [1.29, 1.82) is 0 Å². The Balaban J connectivity index is 2.37. The number of methoxy groups -OCH3 is 1. The van der Waals surface area contributed by atoms with Crippen molar-refractivity contribution in [2.24, 2.45) is 0 Å². The Bertz CT molecular complexity index is 766. The molecule has 0 aliphatic rings.